The number of aliphatic hydroxyl groups excluding tert-OH is 1. The Morgan fingerprint density at radius 2 is 1.82 bits per heavy atom. The molecule has 2 aliphatic rings. The minimum absolute atomic E-state index is 0.0247. The zero-order valence-corrected chi connectivity index (χ0v) is 13.5. The van der Waals surface area contributed by atoms with Gasteiger partial charge < -0.3 is 15.2 Å². The second-order valence-electron chi connectivity index (χ2n) is 7.06. The van der Waals surface area contributed by atoms with E-state index in [0.717, 1.165) is 32.6 Å². The molecule has 1 aliphatic heterocycles. The molecule has 2 atom stereocenters. The molecule has 0 unspecified atom stereocenters. The van der Waals surface area contributed by atoms with Gasteiger partial charge >= 0.3 is 0 Å². The standard InChI is InChI=1S/C19H29NO2/c21-15-19(10-12-22-13-11-19)14-20-18-9-5-4-8-17(18)16-6-2-1-3-7-16/h1-3,6-7,17-18,20-21H,4-5,8-15H2/t17-,18+/m1/s1. The van der Waals surface area contributed by atoms with E-state index in [0.29, 0.717) is 12.0 Å². The minimum atomic E-state index is 0.0247. The lowest BCUT2D eigenvalue weighted by atomic mass is 9.77. The number of benzene rings is 1. The van der Waals surface area contributed by atoms with Gasteiger partial charge in [0.05, 0.1) is 6.61 Å². The van der Waals surface area contributed by atoms with E-state index in [1.807, 2.05) is 0 Å². The number of ether oxygens (including phenoxy) is 1. The maximum atomic E-state index is 9.86. The zero-order valence-electron chi connectivity index (χ0n) is 13.5. The molecule has 3 rings (SSSR count). The average molecular weight is 303 g/mol. The summed E-state index contributed by atoms with van der Waals surface area (Å²) in [4.78, 5) is 0. The fraction of sp³-hybridized carbons (Fsp3) is 0.684. The van der Waals surface area contributed by atoms with E-state index in [-0.39, 0.29) is 12.0 Å². The van der Waals surface area contributed by atoms with Crippen LogP contribution in [-0.2, 0) is 4.74 Å². The Hall–Kier alpha value is -0.900. The fourth-order valence-corrected chi connectivity index (χ4v) is 4.02. The van der Waals surface area contributed by atoms with Crippen LogP contribution in [-0.4, -0.2) is 37.5 Å². The molecule has 1 saturated carbocycles. The molecule has 0 radical (unpaired) electrons. The summed E-state index contributed by atoms with van der Waals surface area (Å²) in [6.07, 6.45) is 7.11. The summed E-state index contributed by atoms with van der Waals surface area (Å²) in [5.74, 6) is 0.616. The van der Waals surface area contributed by atoms with Crippen LogP contribution in [0.5, 0.6) is 0 Å². The maximum Gasteiger partial charge on any atom is 0.0501 e. The summed E-state index contributed by atoms with van der Waals surface area (Å²) < 4.78 is 5.47. The Labute approximate surface area is 134 Å². The first-order valence-electron chi connectivity index (χ1n) is 8.80. The number of aliphatic hydroxyl groups is 1. The lowest BCUT2D eigenvalue weighted by molar-refractivity contribution is -0.0173. The van der Waals surface area contributed by atoms with Crippen molar-refractivity contribution < 1.29 is 9.84 Å². The lowest BCUT2D eigenvalue weighted by Gasteiger charge is -2.39. The van der Waals surface area contributed by atoms with E-state index >= 15 is 0 Å². The predicted molar refractivity (Wildman–Crippen MR) is 89.0 cm³/mol. The first-order valence-corrected chi connectivity index (χ1v) is 8.80. The molecule has 0 aromatic heterocycles. The number of hydrogen-bond acceptors (Lipinski definition) is 3. The highest BCUT2D eigenvalue weighted by Gasteiger charge is 2.34. The highest BCUT2D eigenvalue weighted by atomic mass is 16.5. The van der Waals surface area contributed by atoms with Gasteiger partial charge in [-0.15, -0.1) is 0 Å². The van der Waals surface area contributed by atoms with Crippen molar-refractivity contribution in [1.82, 2.24) is 5.32 Å². The molecule has 3 heteroatoms. The third kappa shape index (κ3) is 3.70. The van der Waals surface area contributed by atoms with Crippen molar-refractivity contribution in [3.8, 4) is 0 Å². The molecule has 122 valence electrons. The Bertz CT molecular complexity index is 442. The molecule has 2 fully saturated rings. The minimum Gasteiger partial charge on any atom is -0.396 e. The molecule has 1 aromatic rings. The molecule has 3 nitrogen and oxygen atoms in total. The highest BCUT2D eigenvalue weighted by molar-refractivity contribution is 5.22. The molecule has 0 spiro atoms. The van der Waals surface area contributed by atoms with Gasteiger partial charge in [0.1, 0.15) is 0 Å². The van der Waals surface area contributed by atoms with Crippen LogP contribution in [0.1, 0.15) is 50.0 Å². The van der Waals surface area contributed by atoms with Crippen LogP contribution in [0, 0.1) is 5.41 Å². The zero-order chi connectivity index (χ0) is 15.3. The van der Waals surface area contributed by atoms with E-state index in [2.05, 4.69) is 35.6 Å². The molecule has 2 N–H and O–H groups in total. The summed E-state index contributed by atoms with van der Waals surface area (Å²) in [7, 11) is 0. The van der Waals surface area contributed by atoms with Crippen LogP contribution in [0.3, 0.4) is 0 Å². The van der Waals surface area contributed by atoms with Gasteiger partial charge in [0.15, 0.2) is 0 Å². The van der Waals surface area contributed by atoms with E-state index in [1.165, 1.54) is 31.2 Å². The second-order valence-corrected chi connectivity index (χ2v) is 7.06. The van der Waals surface area contributed by atoms with E-state index in [9.17, 15) is 5.11 Å². The van der Waals surface area contributed by atoms with Gasteiger partial charge in [-0.1, -0.05) is 43.2 Å². The van der Waals surface area contributed by atoms with E-state index < -0.39 is 0 Å². The predicted octanol–water partition coefficient (Wildman–Crippen LogP) is 3.09. The maximum absolute atomic E-state index is 9.86. The third-order valence-corrected chi connectivity index (χ3v) is 5.62. The molecular formula is C19H29NO2. The summed E-state index contributed by atoms with van der Waals surface area (Å²) in [6, 6.07) is 11.5. The van der Waals surface area contributed by atoms with Crippen LogP contribution < -0.4 is 5.32 Å². The van der Waals surface area contributed by atoms with Crippen molar-refractivity contribution in [3.05, 3.63) is 35.9 Å². The van der Waals surface area contributed by atoms with Gasteiger partial charge in [0.25, 0.3) is 0 Å². The molecule has 1 saturated heterocycles. The largest absolute Gasteiger partial charge is 0.396 e. The molecule has 1 aromatic carbocycles. The highest BCUT2D eigenvalue weighted by Crippen LogP contribution is 2.35. The van der Waals surface area contributed by atoms with Crippen molar-refractivity contribution in [2.24, 2.45) is 5.41 Å². The summed E-state index contributed by atoms with van der Waals surface area (Å²) >= 11 is 0. The molecular weight excluding hydrogens is 274 g/mol. The van der Waals surface area contributed by atoms with Gasteiger partial charge in [-0.3, -0.25) is 0 Å². The molecule has 0 amide bonds. The SMILES string of the molecule is OCC1(CN[C@H]2CCCC[C@@H]2c2ccccc2)CCOCC1. The monoisotopic (exact) mass is 303 g/mol. The normalized spacial score (nSPS) is 28.4. The summed E-state index contributed by atoms with van der Waals surface area (Å²) in [5, 5.41) is 13.7. The fourth-order valence-electron chi connectivity index (χ4n) is 4.02. The van der Waals surface area contributed by atoms with Crippen LogP contribution in [0.25, 0.3) is 0 Å². The van der Waals surface area contributed by atoms with Gasteiger partial charge in [-0.2, -0.15) is 0 Å². The first kappa shape index (κ1) is 16.0. The average Bonchev–Trinajstić information content (AvgIpc) is 2.62. The third-order valence-electron chi connectivity index (χ3n) is 5.62. The molecule has 22 heavy (non-hydrogen) atoms. The Morgan fingerprint density at radius 1 is 1.09 bits per heavy atom. The van der Waals surface area contributed by atoms with Gasteiger partial charge in [-0.25, -0.2) is 0 Å². The first-order chi connectivity index (χ1) is 10.8. The number of hydrogen-bond donors (Lipinski definition) is 2. The van der Waals surface area contributed by atoms with Gasteiger partial charge in [0.2, 0.25) is 0 Å². The Kier molecular flexibility index (Phi) is 5.51. The van der Waals surface area contributed by atoms with Gasteiger partial charge in [-0.05, 0) is 37.2 Å². The number of rotatable bonds is 5. The van der Waals surface area contributed by atoms with Crippen molar-refractivity contribution in [2.75, 3.05) is 26.4 Å². The number of nitrogens with one attached hydrogen (secondary N) is 1. The molecule has 1 aliphatic carbocycles. The van der Waals surface area contributed by atoms with Gasteiger partial charge in [0, 0.05) is 31.2 Å². The lowest BCUT2D eigenvalue weighted by Crippen LogP contribution is -2.47. The second kappa shape index (κ2) is 7.58. The summed E-state index contributed by atoms with van der Waals surface area (Å²) in [5.41, 5.74) is 1.49. The smallest absolute Gasteiger partial charge is 0.0501 e. The van der Waals surface area contributed by atoms with Crippen molar-refractivity contribution in [1.29, 1.82) is 0 Å². The van der Waals surface area contributed by atoms with Crippen LogP contribution in [0.4, 0.5) is 0 Å². The van der Waals surface area contributed by atoms with Crippen LogP contribution in [0.15, 0.2) is 30.3 Å². The van der Waals surface area contributed by atoms with Crippen LogP contribution >= 0.6 is 0 Å². The summed E-state index contributed by atoms with van der Waals surface area (Å²) in [6.45, 7) is 2.76. The Morgan fingerprint density at radius 3 is 2.55 bits per heavy atom. The Balaban J connectivity index is 1.64. The van der Waals surface area contributed by atoms with E-state index in [4.69, 9.17) is 4.74 Å². The topological polar surface area (TPSA) is 41.5 Å². The molecule has 0 bridgehead atoms. The van der Waals surface area contributed by atoms with Crippen molar-refractivity contribution in [2.45, 2.75) is 50.5 Å². The van der Waals surface area contributed by atoms with Crippen molar-refractivity contribution >= 4 is 0 Å². The van der Waals surface area contributed by atoms with Crippen LogP contribution in [0.2, 0.25) is 0 Å². The van der Waals surface area contributed by atoms with Crippen molar-refractivity contribution in [3.63, 3.8) is 0 Å². The quantitative estimate of drug-likeness (QED) is 0.878. The molecule has 1 heterocycles. The van der Waals surface area contributed by atoms with E-state index in [1.54, 1.807) is 0 Å².